The number of unbranched alkanes of at least 4 members (excludes halogenated alkanes) is 2. The Morgan fingerprint density at radius 1 is 0.769 bits per heavy atom. The van der Waals surface area contributed by atoms with E-state index in [1.54, 1.807) is 0 Å². The molecule has 0 radical (unpaired) electrons. The second-order valence-electron chi connectivity index (χ2n) is 9.27. The van der Waals surface area contributed by atoms with Gasteiger partial charge in [-0.3, -0.25) is 4.79 Å². The summed E-state index contributed by atoms with van der Waals surface area (Å²) >= 11 is 0. The number of benzene rings is 3. The van der Waals surface area contributed by atoms with Crippen molar-refractivity contribution in [3.05, 3.63) is 90.5 Å². The Bertz CT molecular complexity index is 1400. The average Bonchev–Trinajstić information content (AvgIpc) is 3.44. The van der Waals surface area contributed by atoms with E-state index < -0.39 is 5.97 Å². The molecular weight excluding hydrogens is 494 g/mol. The highest BCUT2D eigenvalue weighted by Gasteiger charge is 2.14. The third-order valence-electron chi connectivity index (χ3n) is 6.49. The Labute approximate surface area is 228 Å². The summed E-state index contributed by atoms with van der Waals surface area (Å²) in [4.78, 5) is 15.5. The number of carboxylic acids is 1. The molecule has 0 unspecified atom stereocenters. The summed E-state index contributed by atoms with van der Waals surface area (Å²) in [6.07, 6.45) is 3.30. The lowest BCUT2D eigenvalue weighted by Gasteiger charge is -2.11. The van der Waals surface area contributed by atoms with Crippen LogP contribution in [0, 0.1) is 0 Å². The van der Waals surface area contributed by atoms with Crippen molar-refractivity contribution in [1.29, 1.82) is 0 Å². The zero-order valence-corrected chi connectivity index (χ0v) is 21.7. The molecule has 0 amide bonds. The van der Waals surface area contributed by atoms with E-state index in [1.807, 2.05) is 60.7 Å². The summed E-state index contributed by atoms with van der Waals surface area (Å²) in [5.41, 5.74) is 4.98. The van der Waals surface area contributed by atoms with E-state index in [4.69, 9.17) is 24.1 Å². The van der Waals surface area contributed by atoms with Gasteiger partial charge >= 0.3 is 5.97 Å². The Hall–Kier alpha value is -4.52. The standard InChI is InChI=1S/C32H31NO6/c34-32(35)18-16-25-7-2-3-9-28(25)36-19-4-1-5-20-37-31-10-6-8-27(33-31)24-13-11-23(12-14-24)26-15-17-29-30(21-26)39-22-38-29/h2-3,6-15,17,21H,1,4-5,16,18-20,22H2,(H,34,35). The number of rotatable bonds is 13. The second-order valence-corrected chi connectivity index (χ2v) is 9.27. The van der Waals surface area contributed by atoms with Crippen molar-refractivity contribution in [1.82, 2.24) is 4.98 Å². The minimum atomic E-state index is -0.805. The monoisotopic (exact) mass is 525 g/mol. The number of carbonyl (C=O) groups is 1. The maximum atomic E-state index is 10.9. The summed E-state index contributed by atoms with van der Waals surface area (Å²) < 4.78 is 22.7. The molecule has 0 fully saturated rings. The molecule has 0 spiro atoms. The highest BCUT2D eigenvalue weighted by atomic mass is 16.7. The van der Waals surface area contributed by atoms with Crippen molar-refractivity contribution in [2.24, 2.45) is 0 Å². The van der Waals surface area contributed by atoms with Crippen LogP contribution in [0.3, 0.4) is 0 Å². The Morgan fingerprint density at radius 3 is 2.36 bits per heavy atom. The third kappa shape index (κ3) is 7.08. The number of hydrogen-bond donors (Lipinski definition) is 1. The molecule has 1 N–H and O–H groups in total. The van der Waals surface area contributed by atoms with E-state index in [2.05, 4.69) is 29.2 Å². The van der Waals surface area contributed by atoms with E-state index in [0.29, 0.717) is 25.5 Å². The topological polar surface area (TPSA) is 87.1 Å². The van der Waals surface area contributed by atoms with Crippen LogP contribution in [0.4, 0.5) is 0 Å². The summed E-state index contributed by atoms with van der Waals surface area (Å²) in [5, 5.41) is 8.93. The summed E-state index contributed by atoms with van der Waals surface area (Å²) in [7, 11) is 0. The number of aromatic nitrogens is 1. The van der Waals surface area contributed by atoms with Crippen LogP contribution < -0.4 is 18.9 Å². The fourth-order valence-electron chi connectivity index (χ4n) is 4.40. The maximum Gasteiger partial charge on any atom is 0.303 e. The molecule has 0 saturated carbocycles. The summed E-state index contributed by atoms with van der Waals surface area (Å²) in [6.45, 7) is 1.43. The molecule has 3 aromatic carbocycles. The molecule has 2 heterocycles. The van der Waals surface area contributed by atoms with Crippen molar-refractivity contribution in [3.8, 4) is 45.5 Å². The van der Waals surface area contributed by atoms with Gasteiger partial charge in [-0.05, 0) is 66.6 Å². The zero-order valence-electron chi connectivity index (χ0n) is 21.7. The molecule has 200 valence electrons. The molecule has 39 heavy (non-hydrogen) atoms. The zero-order chi connectivity index (χ0) is 26.9. The molecule has 0 atom stereocenters. The van der Waals surface area contributed by atoms with Gasteiger partial charge in [0.15, 0.2) is 11.5 Å². The fraction of sp³-hybridized carbons (Fsp3) is 0.250. The molecule has 1 aromatic heterocycles. The van der Waals surface area contributed by atoms with Crippen LogP contribution >= 0.6 is 0 Å². The molecule has 0 bridgehead atoms. The average molecular weight is 526 g/mol. The van der Waals surface area contributed by atoms with Gasteiger partial charge in [0.1, 0.15) is 5.75 Å². The molecule has 1 aliphatic heterocycles. The predicted molar refractivity (Wildman–Crippen MR) is 148 cm³/mol. The number of fused-ring (bicyclic) bond motifs is 1. The van der Waals surface area contributed by atoms with Crippen LogP contribution in [0.15, 0.2) is 84.9 Å². The lowest BCUT2D eigenvalue weighted by molar-refractivity contribution is -0.136. The van der Waals surface area contributed by atoms with Crippen molar-refractivity contribution >= 4 is 5.97 Å². The number of hydrogen-bond acceptors (Lipinski definition) is 6. The number of para-hydroxylation sites is 1. The first-order chi connectivity index (χ1) is 19.2. The number of aryl methyl sites for hydroxylation is 1. The molecule has 0 aliphatic carbocycles. The van der Waals surface area contributed by atoms with Crippen LogP contribution in [0.1, 0.15) is 31.2 Å². The normalized spacial score (nSPS) is 11.8. The molecule has 7 nitrogen and oxygen atoms in total. The number of carboxylic acid groups (broad SMARTS) is 1. The Kier molecular flexibility index (Phi) is 8.58. The molecule has 5 rings (SSSR count). The number of nitrogens with zero attached hydrogens (tertiary/aromatic N) is 1. The molecular formula is C32H31NO6. The minimum Gasteiger partial charge on any atom is -0.493 e. The van der Waals surface area contributed by atoms with Crippen LogP contribution in [0.2, 0.25) is 0 Å². The lowest BCUT2D eigenvalue weighted by atomic mass is 10.0. The van der Waals surface area contributed by atoms with Crippen LogP contribution in [-0.2, 0) is 11.2 Å². The fourth-order valence-corrected chi connectivity index (χ4v) is 4.40. The van der Waals surface area contributed by atoms with Gasteiger partial charge in [0, 0.05) is 18.1 Å². The van der Waals surface area contributed by atoms with Crippen molar-refractivity contribution in [2.75, 3.05) is 20.0 Å². The van der Waals surface area contributed by atoms with Gasteiger partial charge in [0.2, 0.25) is 12.7 Å². The summed E-state index contributed by atoms with van der Waals surface area (Å²) in [6, 6.07) is 27.7. The van der Waals surface area contributed by atoms with E-state index in [-0.39, 0.29) is 13.2 Å². The Morgan fingerprint density at radius 2 is 1.51 bits per heavy atom. The van der Waals surface area contributed by atoms with Crippen LogP contribution in [-0.4, -0.2) is 36.1 Å². The van der Waals surface area contributed by atoms with Gasteiger partial charge in [-0.2, -0.15) is 0 Å². The molecule has 1 aliphatic rings. The van der Waals surface area contributed by atoms with Gasteiger partial charge in [-0.25, -0.2) is 4.98 Å². The third-order valence-corrected chi connectivity index (χ3v) is 6.49. The van der Waals surface area contributed by atoms with Gasteiger partial charge in [-0.15, -0.1) is 0 Å². The van der Waals surface area contributed by atoms with E-state index in [0.717, 1.165) is 64.5 Å². The molecule has 4 aromatic rings. The number of aliphatic carboxylic acids is 1. The van der Waals surface area contributed by atoms with Gasteiger partial charge < -0.3 is 24.1 Å². The minimum absolute atomic E-state index is 0.0967. The quantitative estimate of drug-likeness (QED) is 0.192. The second kappa shape index (κ2) is 12.8. The highest BCUT2D eigenvalue weighted by molar-refractivity contribution is 5.71. The largest absolute Gasteiger partial charge is 0.493 e. The van der Waals surface area contributed by atoms with Crippen LogP contribution in [0.5, 0.6) is 23.1 Å². The SMILES string of the molecule is O=C(O)CCc1ccccc1OCCCCCOc1cccc(-c2ccc(-c3ccc4c(c3)OCO4)cc2)n1. The number of ether oxygens (including phenoxy) is 4. The first-order valence-electron chi connectivity index (χ1n) is 13.2. The van der Waals surface area contributed by atoms with Crippen molar-refractivity contribution in [2.45, 2.75) is 32.1 Å². The van der Waals surface area contributed by atoms with E-state index in [9.17, 15) is 4.79 Å². The van der Waals surface area contributed by atoms with Crippen molar-refractivity contribution < 1.29 is 28.8 Å². The predicted octanol–water partition coefficient (Wildman–Crippen LogP) is 6.79. The number of pyridine rings is 1. The smallest absolute Gasteiger partial charge is 0.303 e. The Balaban J connectivity index is 1.06. The highest BCUT2D eigenvalue weighted by Crippen LogP contribution is 2.36. The first-order valence-corrected chi connectivity index (χ1v) is 13.2. The molecule has 7 heteroatoms. The first kappa shape index (κ1) is 26.1. The van der Waals surface area contributed by atoms with Gasteiger partial charge in [0.25, 0.3) is 0 Å². The van der Waals surface area contributed by atoms with Crippen LogP contribution in [0.25, 0.3) is 22.4 Å². The van der Waals surface area contributed by atoms with Gasteiger partial charge in [0.05, 0.1) is 18.9 Å². The van der Waals surface area contributed by atoms with Gasteiger partial charge in [-0.1, -0.05) is 54.6 Å². The molecule has 0 saturated heterocycles. The maximum absolute atomic E-state index is 10.9. The summed E-state index contributed by atoms with van der Waals surface area (Å²) in [5.74, 6) is 2.12. The van der Waals surface area contributed by atoms with E-state index in [1.165, 1.54) is 0 Å². The van der Waals surface area contributed by atoms with Crippen molar-refractivity contribution in [3.63, 3.8) is 0 Å². The van der Waals surface area contributed by atoms with E-state index >= 15 is 0 Å². The lowest BCUT2D eigenvalue weighted by Crippen LogP contribution is -2.04.